The van der Waals surface area contributed by atoms with Crippen molar-refractivity contribution in [2.75, 3.05) is 18.8 Å². The van der Waals surface area contributed by atoms with Crippen LogP contribution in [-0.2, 0) is 11.3 Å². The Bertz CT molecular complexity index is 360. The van der Waals surface area contributed by atoms with E-state index >= 15 is 0 Å². The van der Waals surface area contributed by atoms with Gasteiger partial charge in [-0.15, -0.1) is 0 Å². The van der Waals surface area contributed by atoms with E-state index in [1.165, 1.54) is 0 Å². The summed E-state index contributed by atoms with van der Waals surface area (Å²) < 4.78 is 1.77. The first-order chi connectivity index (χ1) is 7.15. The molecule has 1 amide bonds. The number of hydrogen-bond donors (Lipinski definition) is 1. The molecule has 0 aliphatic carbocycles. The number of nitrogens with zero attached hydrogens (tertiary/aromatic N) is 3. The van der Waals surface area contributed by atoms with Crippen LogP contribution in [0.4, 0.5) is 5.82 Å². The van der Waals surface area contributed by atoms with Crippen molar-refractivity contribution in [1.29, 1.82) is 0 Å². The Morgan fingerprint density at radius 1 is 1.60 bits per heavy atom. The number of anilines is 1. The minimum atomic E-state index is 0.252. The van der Waals surface area contributed by atoms with Gasteiger partial charge in [-0.1, -0.05) is 6.92 Å². The van der Waals surface area contributed by atoms with Gasteiger partial charge in [-0.2, -0.15) is 5.10 Å². The summed E-state index contributed by atoms with van der Waals surface area (Å²) in [6.45, 7) is 4.42. The third kappa shape index (κ3) is 2.29. The second-order valence-electron chi connectivity index (χ2n) is 4.15. The molecule has 2 rings (SSSR count). The highest BCUT2D eigenvalue weighted by Gasteiger charge is 2.25. The first-order valence-corrected chi connectivity index (χ1v) is 5.22. The molecule has 1 unspecified atom stereocenters. The number of rotatable bonds is 3. The Kier molecular flexibility index (Phi) is 2.62. The molecule has 1 atom stereocenters. The highest BCUT2D eigenvalue weighted by molar-refractivity contribution is 5.78. The molecule has 82 valence electrons. The third-order valence-corrected chi connectivity index (χ3v) is 2.67. The van der Waals surface area contributed by atoms with E-state index in [1.54, 1.807) is 10.7 Å². The highest BCUT2D eigenvalue weighted by atomic mass is 16.2. The van der Waals surface area contributed by atoms with E-state index in [1.807, 2.05) is 11.1 Å². The van der Waals surface area contributed by atoms with Gasteiger partial charge in [0, 0.05) is 25.7 Å². The molecular formula is C10H16N4O. The maximum Gasteiger partial charge on any atom is 0.222 e. The number of hydrogen-bond acceptors (Lipinski definition) is 3. The summed E-state index contributed by atoms with van der Waals surface area (Å²) in [6, 6.07) is 1.76. The number of nitrogen functional groups attached to an aromatic ring is 1. The van der Waals surface area contributed by atoms with Crippen LogP contribution >= 0.6 is 0 Å². The van der Waals surface area contributed by atoms with Gasteiger partial charge in [0.1, 0.15) is 5.82 Å². The van der Waals surface area contributed by atoms with Crippen molar-refractivity contribution >= 4 is 11.7 Å². The standard InChI is InChI=1S/C10H16N4O/c1-8-6-10(15)13(7-8)4-5-14-3-2-9(11)12-14/h2-3,8H,4-7H2,1H3,(H2,11,12). The van der Waals surface area contributed by atoms with Crippen molar-refractivity contribution in [3.05, 3.63) is 12.3 Å². The SMILES string of the molecule is CC1CC(=O)N(CCn2ccc(N)n2)C1. The number of carbonyl (C=O) groups is 1. The second-order valence-corrected chi connectivity index (χ2v) is 4.15. The molecule has 2 N–H and O–H groups in total. The summed E-state index contributed by atoms with van der Waals surface area (Å²) in [5, 5.41) is 4.07. The van der Waals surface area contributed by atoms with Crippen molar-refractivity contribution in [2.24, 2.45) is 5.92 Å². The van der Waals surface area contributed by atoms with Crippen molar-refractivity contribution < 1.29 is 4.79 Å². The van der Waals surface area contributed by atoms with Gasteiger partial charge < -0.3 is 10.6 Å². The molecule has 1 fully saturated rings. The number of likely N-dealkylation sites (tertiary alicyclic amines) is 1. The van der Waals surface area contributed by atoms with E-state index in [4.69, 9.17) is 5.73 Å². The Labute approximate surface area is 88.8 Å². The normalized spacial score (nSPS) is 21.3. The molecule has 5 nitrogen and oxygen atoms in total. The summed E-state index contributed by atoms with van der Waals surface area (Å²) >= 11 is 0. The first kappa shape index (κ1) is 10.0. The van der Waals surface area contributed by atoms with Gasteiger partial charge in [-0.25, -0.2) is 0 Å². The topological polar surface area (TPSA) is 64.2 Å². The fourth-order valence-corrected chi connectivity index (χ4v) is 1.91. The molecule has 0 bridgehead atoms. The van der Waals surface area contributed by atoms with E-state index in [-0.39, 0.29) is 5.91 Å². The number of nitrogens with two attached hydrogens (primary N) is 1. The summed E-state index contributed by atoms with van der Waals surface area (Å²) in [5.74, 6) is 1.26. The van der Waals surface area contributed by atoms with Crippen LogP contribution in [0.1, 0.15) is 13.3 Å². The minimum absolute atomic E-state index is 0.252. The molecule has 5 heteroatoms. The number of carbonyl (C=O) groups excluding carboxylic acids is 1. The van der Waals surface area contributed by atoms with Crippen LogP contribution in [0.3, 0.4) is 0 Å². The lowest BCUT2D eigenvalue weighted by molar-refractivity contribution is -0.127. The zero-order valence-electron chi connectivity index (χ0n) is 8.89. The molecule has 0 saturated carbocycles. The molecule has 15 heavy (non-hydrogen) atoms. The van der Waals surface area contributed by atoms with Crippen LogP contribution < -0.4 is 5.73 Å². The average molecular weight is 208 g/mol. The number of aromatic nitrogens is 2. The lowest BCUT2D eigenvalue weighted by Crippen LogP contribution is -2.29. The predicted molar refractivity (Wildman–Crippen MR) is 57.0 cm³/mol. The molecule has 1 aliphatic heterocycles. The van der Waals surface area contributed by atoms with Crippen LogP contribution in [0.25, 0.3) is 0 Å². The lowest BCUT2D eigenvalue weighted by Gasteiger charge is -2.15. The molecular weight excluding hydrogens is 192 g/mol. The van der Waals surface area contributed by atoms with Crippen LogP contribution in [-0.4, -0.2) is 33.7 Å². The van der Waals surface area contributed by atoms with Gasteiger partial charge in [0.05, 0.1) is 6.54 Å². The molecule has 1 aliphatic rings. The van der Waals surface area contributed by atoms with Crippen LogP contribution in [0.2, 0.25) is 0 Å². The predicted octanol–water partition coefficient (Wildman–Crippen LogP) is 0.334. The summed E-state index contributed by atoms with van der Waals surface area (Å²) in [5.41, 5.74) is 5.50. The van der Waals surface area contributed by atoms with Gasteiger partial charge in [-0.05, 0) is 12.0 Å². The lowest BCUT2D eigenvalue weighted by atomic mass is 10.2. The molecule has 1 saturated heterocycles. The molecule has 1 aromatic heterocycles. The van der Waals surface area contributed by atoms with Crippen LogP contribution in [0, 0.1) is 5.92 Å². The van der Waals surface area contributed by atoms with Crippen LogP contribution in [0.5, 0.6) is 0 Å². The van der Waals surface area contributed by atoms with Crippen molar-refractivity contribution in [3.8, 4) is 0 Å². The molecule has 2 heterocycles. The zero-order valence-corrected chi connectivity index (χ0v) is 8.89. The van der Waals surface area contributed by atoms with Crippen molar-refractivity contribution in [1.82, 2.24) is 14.7 Å². The first-order valence-electron chi connectivity index (χ1n) is 5.22. The second kappa shape index (κ2) is 3.92. The number of amides is 1. The third-order valence-electron chi connectivity index (χ3n) is 2.67. The molecule has 0 radical (unpaired) electrons. The average Bonchev–Trinajstić information content (AvgIpc) is 2.70. The monoisotopic (exact) mass is 208 g/mol. The molecule has 0 aromatic carbocycles. The highest BCUT2D eigenvalue weighted by Crippen LogP contribution is 2.16. The van der Waals surface area contributed by atoms with Gasteiger partial charge in [0.15, 0.2) is 0 Å². The largest absolute Gasteiger partial charge is 0.382 e. The van der Waals surface area contributed by atoms with E-state index in [0.717, 1.165) is 19.6 Å². The fourth-order valence-electron chi connectivity index (χ4n) is 1.91. The van der Waals surface area contributed by atoms with E-state index in [0.29, 0.717) is 18.2 Å². The van der Waals surface area contributed by atoms with Gasteiger partial charge in [0.25, 0.3) is 0 Å². The van der Waals surface area contributed by atoms with Gasteiger partial charge in [0.2, 0.25) is 5.91 Å². The minimum Gasteiger partial charge on any atom is -0.382 e. The fraction of sp³-hybridized carbons (Fsp3) is 0.600. The Balaban J connectivity index is 1.86. The Morgan fingerprint density at radius 2 is 2.40 bits per heavy atom. The Morgan fingerprint density at radius 3 is 2.93 bits per heavy atom. The zero-order chi connectivity index (χ0) is 10.8. The maximum absolute atomic E-state index is 11.5. The summed E-state index contributed by atoms with van der Waals surface area (Å²) in [6.07, 6.45) is 2.51. The van der Waals surface area contributed by atoms with Gasteiger partial charge in [-0.3, -0.25) is 9.48 Å². The molecule has 1 aromatic rings. The summed E-state index contributed by atoms with van der Waals surface area (Å²) in [7, 11) is 0. The quantitative estimate of drug-likeness (QED) is 0.778. The molecule has 0 spiro atoms. The Hall–Kier alpha value is -1.52. The summed E-state index contributed by atoms with van der Waals surface area (Å²) in [4.78, 5) is 13.4. The van der Waals surface area contributed by atoms with E-state index < -0.39 is 0 Å². The van der Waals surface area contributed by atoms with Crippen LogP contribution in [0.15, 0.2) is 12.3 Å². The van der Waals surface area contributed by atoms with Crippen molar-refractivity contribution in [3.63, 3.8) is 0 Å². The van der Waals surface area contributed by atoms with Gasteiger partial charge >= 0.3 is 0 Å². The van der Waals surface area contributed by atoms with E-state index in [9.17, 15) is 4.79 Å². The smallest absolute Gasteiger partial charge is 0.222 e. The van der Waals surface area contributed by atoms with Crippen molar-refractivity contribution in [2.45, 2.75) is 19.9 Å². The van der Waals surface area contributed by atoms with E-state index in [2.05, 4.69) is 12.0 Å². The maximum atomic E-state index is 11.5.